The van der Waals surface area contributed by atoms with Crippen molar-refractivity contribution in [2.24, 2.45) is 0 Å². The summed E-state index contributed by atoms with van der Waals surface area (Å²) in [5.74, 6) is -1.44. The molecule has 0 aliphatic carbocycles. The Morgan fingerprint density at radius 3 is 2.50 bits per heavy atom. The van der Waals surface area contributed by atoms with Gasteiger partial charge in [0.25, 0.3) is 0 Å². The summed E-state index contributed by atoms with van der Waals surface area (Å²) in [6.45, 7) is 1.44. The molecule has 1 aromatic carbocycles. The van der Waals surface area contributed by atoms with Gasteiger partial charge in [0, 0.05) is 6.20 Å². The molecule has 3 rings (SSSR count). The highest BCUT2D eigenvalue weighted by molar-refractivity contribution is 8.00. The fourth-order valence-corrected chi connectivity index (χ4v) is 3.43. The predicted molar refractivity (Wildman–Crippen MR) is 106 cm³/mol. The largest absolute Gasteiger partial charge is 0.479 e. The average molecular weight is 494 g/mol. The first-order chi connectivity index (χ1) is 15.0. The topological polar surface area (TPSA) is 104 Å². The van der Waals surface area contributed by atoms with Crippen LogP contribution in [0.2, 0.25) is 5.02 Å². The number of hydrogen-bond acceptors (Lipinski definition) is 8. The Balaban J connectivity index is 1.54. The van der Waals surface area contributed by atoms with E-state index >= 15 is 0 Å². The van der Waals surface area contributed by atoms with Gasteiger partial charge in [-0.25, -0.2) is 14.6 Å². The lowest BCUT2D eigenvalue weighted by molar-refractivity contribution is -0.185. The number of carbonyl (C=O) groups excluding carboxylic acids is 1. The molecule has 1 N–H and O–H groups in total. The van der Waals surface area contributed by atoms with Crippen molar-refractivity contribution in [3.8, 4) is 17.4 Å². The Morgan fingerprint density at radius 1 is 1.28 bits per heavy atom. The summed E-state index contributed by atoms with van der Waals surface area (Å²) in [6, 6.07) is 6.51. The number of pyridine rings is 1. The summed E-state index contributed by atoms with van der Waals surface area (Å²) < 4.78 is 59.0. The first-order valence-electron chi connectivity index (χ1n) is 8.90. The number of aromatic nitrogens is 1. The van der Waals surface area contributed by atoms with E-state index in [0.29, 0.717) is 12.3 Å². The summed E-state index contributed by atoms with van der Waals surface area (Å²) in [5, 5.41) is 8.56. The Labute approximate surface area is 188 Å². The van der Waals surface area contributed by atoms with Crippen molar-refractivity contribution < 1.29 is 46.8 Å². The van der Waals surface area contributed by atoms with E-state index in [1.54, 1.807) is 0 Å². The van der Waals surface area contributed by atoms with Crippen LogP contribution >= 0.6 is 23.4 Å². The van der Waals surface area contributed by atoms with Gasteiger partial charge in [-0.15, -0.1) is 11.8 Å². The smallest absolute Gasteiger partial charge is 0.417 e. The number of rotatable bonds is 7. The second-order valence-corrected chi connectivity index (χ2v) is 7.85. The summed E-state index contributed by atoms with van der Waals surface area (Å²) in [6.07, 6.45) is -5.98. The van der Waals surface area contributed by atoms with Gasteiger partial charge in [0.15, 0.2) is 6.10 Å². The minimum Gasteiger partial charge on any atom is -0.479 e. The first kappa shape index (κ1) is 24.0. The second kappa shape index (κ2) is 9.84. The highest BCUT2D eigenvalue weighted by atomic mass is 35.5. The number of benzene rings is 1. The molecule has 13 heteroatoms. The molecule has 1 saturated heterocycles. The third-order valence-electron chi connectivity index (χ3n) is 3.93. The van der Waals surface area contributed by atoms with Crippen molar-refractivity contribution in [3.05, 3.63) is 47.1 Å². The van der Waals surface area contributed by atoms with E-state index in [-0.39, 0.29) is 28.2 Å². The molecule has 8 nitrogen and oxygen atoms in total. The number of halogens is 4. The van der Waals surface area contributed by atoms with Crippen molar-refractivity contribution >= 4 is 35.3 Å². The Morgan fingerprint density at radius 2 is 1.94 bits per heavy atom. The summed E-state index contributed by atoms with van der Waals surface area (Å²) >= 11 is 6.81. The minimum atomic E-state index is -4.58. The maximum Gasteiger partial charge on any atom is 0.417 e. The number of carboxylic acids is 1. The van der Waals surface area contributed by atoms with Crippen LogP contribution in [0.15, 0.2) is 36.5 Å². The lowest BCUT2D eigenvalue weighted by atomic mass is 10.3. The number of carbonyl (C=O) groups is 2. The minimum absolute atomic E-state index is 0.183. The molecular weight excluding hydrogens is 479 g/mol. The molecule has 32 heavy (non-hydrogen) atoms. The van der Waals surface area contributed by atoms with Crippen LogP contribution in [0, 0.1) is 0 Å². The summed E-state index contributed by atoms with van der Waals surface area (Å²) in [4.78, 5) is 26.5. The average Bonchev–Trinajstić information content (AvgIpc) is 3.19. The molecule has 0 saturated carbocycles. The van der Waals surface area contributed by atoms with Crippen LogP contribution < -0.4 is 9.47 Å². The molecule has 1 aliphatic rings. The molecule has 1 fully saturated rings. The summed E-state index contributed by atoms with van der Waals surface area (Å²) in [7, 11) is 0. The highest BCUT2D eigenvalue weighted by Gasteiger charge is 2.35. The number of hydrogen-bond donors (Lipinski definition) is 1. The molecule has 0 spiro atoms. The van der Waals surface area contributed by atoms with Gasteiger partial charge >= 0.3 is 18.1 Å². The van der Waals surface area contributed by atoms with Crippen LogP contribution in [0.3, 0.4) is 0 Å². The number of ether oxygens (including phenoxy) is 4. The maximum absolute atomic E-state index is 12.7. The zero-order chi connectivity index (χ0) is 23.5. The fraction of sp³-hybridized carbons (Fsp3) is 0.316. The number of carboxylic acid groups (broad SMARTS) is 1. The Bertz CT molecular complexity index is 990. The third kappa shape index (κ3) is 6.17. The van der Waals surface area contributed by atoms with Gasteiger partial charge in [0.2, 0.25) is 17.6 Å². The molecule has 172 valence electrons. The molecule has 0 amide bonds. The van der Waals surface area contributed by atoms with Crippen LogP contribution in [0.25, 0.3) is 0 Å². The molecular formula is C19H15ClF3NO7S. The van der Waals surface area contributed by atoms with Gasteiger partial charge in [-0.05, 0) is 37.3 Å². The van der Waals surface area contributed by atoms with Crippen molar-refractivity contribution in [2.75, 3.05) is 5.75 Å². The zero-order valence-corrected chi connectivity index (χ0v) is 17.7. The van der Waals surface area contributed by atoms with E-state index < -0.39 is 41.5 Å². The van der Waals surface area contributed by atoms with E-state index in [1.165, 1.54) is 31.2 Å². The quantitative estimate of drug-likeness (QED) is 0.563. The molecule has 0 radical (unpaired) electrons. The van der Waals surface area contributed by atoms with Crippen LogP contribution in [0.1, 0.15) is 12.5 Å². The fourth-order valence-electron chi connectivity index (χ4n) is 2.40. The number of alkyl halides is 3. The van der Waals surface area contributed by atoms with E-state index in [2.05, 4.69) is 4.98 Å². The van der Waals surface area contributed by atoms with Crippen LogP contribution in [0.4, 0.5) is 13.2 Å². The van der Waals surface area contributed by atoms with Gasteiger partial charge in [-0.3, -0.25) is 0 Å². The third-order valence-corrected chi connectivity index (χ3v) is 5.28. The maximum atomic E-state index is 12.7. The normalized spacial score (nSPS) is 19.3. The number of thioether (sulfide) groups is 1. The van der Waals surface area contributed by atoms with Crippen molar-refractivity contribution in [3.63, 3.8) is 0 Å². The van der Waals surface area contributed by atoms with E-state index in [9.17, 15) is 22.8 Å². The van der Waals surface area contributed by atoms with Gasteiger partial charge in [-0.1, -0.05) is 11.6 Å². The summed E-state index contributed by atoms with van der Waals surface area (Å²) in [5.41, 5.74) is -2.09. The van der Waals surface area contributed by atoms with Gasteiger partial charge in [0.1, 0.15) is 16.5 Å². The van der Waals surface area contributed by atoms with E-state index in [1.807, 2.05) is 0 Å². The van der Waals surface area contributed by atoms with Crippen molar-refractivity contribution in [1.29, 1.82) is 0 Å². The van der Waals surface area contributed by atoms with E-state index in [0.717, 1.165) is 11.8 Å². The molecule has 3 atom stereocenters. The van der Waals surface area contributed by atoms with Gasteiger partial charge in [-0.2, -0.15) is 13.2 Å². The Kier molecular flexibility index (Phi) is 7.36. The van der Waals surface area contributed by atoms with Crippen molar-refractivity contribution in [1.82, 2.24) is 4.98 Å². The molecule has 1 unspecified atom stereocenters. The first-order valence-corrected chi connectivity index (χ1v) is 10.3. The lowest BCUT2D eigenvalue weighted by Gasteiger charge is -2.17. The molecule has 1 aliphatic heterocycles. The Hall–Kier alpha value is -2.70. The van der Waals surface area contributed by atoms with Crippen LogP contribution in [-0.2, 0) is 25.2 Å². The number of nitrogens with zero attached hydrogens (tertiary/aromatic N) is 1. The zero-order valence-electron chi connectivity index (χ0n) is 16.2. The van der Waals surface area contributed by atoms with Crippen LogP contribution in [-0.4, -0.2) is 45.6 Å². The molecule has 2 aromatic rings. The standard InChI is InChI=1S/C19H15ClF3NO7S/c1-9(17(27)30-14-8-32-18(31-14)16(25)26)28-11-2-4-12(5-3-11)29-15-13(20)6-10(7-24-15)19(21,22)23/h2-7,9,14,18H,8H2,1H3,(H,25,26)/t9?,14-,18-/m1/s1. The molecule has 1 aromatic heterocycles. The van der Waals surface area contributed by atoms with Gasteiger partial charge in [0.05, 0.1) is 11.3 Å². The monoisotopic (exact) mass is 493 g/mol. The molecule has 0 bridgehead atoms. The predicted octanol–water partition coefficient (Wildman–Crippen LogP) is 4.36. The second-order valence-electron chi connectivity index (χ2n) is 6.35. The molecule has 2 heterocycles. The SMILES string of the molecule is CC(Oc1ccc(Oc2ncc(C(F)(F)F)cc2Cl)cc1)C(=O)O[C@H]1CS[C@H](C(=O)O)O1. The highest BCUT2D eigenvalue weighted by Crippen LogP contribution is 2.35. The number of aliphatic carboxylic acids is 1. The van der Waals surface area contributed by atoms with Gasteiger partial charge < -0.3 is 24.1 Å². The lowest BCUT2D eigenvalue weighted by Crippen LogP contribution is -2.31. The van der Waals surface area contributed by atoms with E-state index in [4.69, 9.17) is 35.7 Å². The van der Waals surface area contributed by atoms with Crippen molar-refractivity contribution in [2.45, 2.75) is 30.9 Å². The van der Waals surface area contributed by atoms with Crippen LogP contribution in [0.5, 0.6) is 17.4 Å². The number of esters is 1.